The number of esters is 1. The fraction of sp³-hybridized carbons (Fsp3) is 0.545. The summed E-state index contributed by atoms with van der Waals surface area (Å²) >= 11 is 9.16. The zero-order valence-electron chi connectivity index (χ0n) is 10.5. The lowest BCUT2D eigenvalue weighted by molar-refractivity contribution is -0.145. The number of hydrogen-bond donors (Lipinski definition) is 1. The summed E-state index contributed by atoms with van der Waals surface area (Å²) in [5.41, 5.74) is -1.09. The van der Waals surface area contributed by atoms with E-state index >= 15 is 0 Å². The number of hydrogen-bond acceptors (Lipinski definition) is 5. The number of nitrogens with one attached hydrogen (secondary N) is 1. The quantitative estimate of drug-likeness (QED) is 0.629. The fourth-order valence-electron chi connectivity index (χ4n) is 1.88. The van der Waals surface area contributed by atoms with E-state index in [4.69, 9.17) is 21.1 Å². The molecule has 0 aromatic carbocycles. The highest BCUT2D eigenvalue weighted by molar-refractivity contribution is 9.10. The Balaban J connectivity index is 2.16. The molecule has 1 fully saturated rings. The Morgan fingerprint density at radius 2 is 2.35 bits per heavy atom. The highest BCUT2D eigenvalue weighted by Crippen LogP contribution is 2.31. The maximum Gasteiger partial charge on any atom is 0.330 e. The van der Waals surface area contributed by atoms with E-state index in [2.05, 4.69) is 20.9 Å². The highest BCUT2D eigenvalue weighted by Gasteiger charge is 2.36. The minimum absolute atomic E-state index is 0.0271. The van der Waals surface area contributed by atoms with E-state index in [9.17, 15) is 14.4 Å². The van der Waals surface area contributed by atoms with Crippen LogP contribution in [-0.4, -0.2) is 33.6 Å². The maximum atomic E-state index is 11.7. The molecule has 0 radical (unpaired) electrons. The van der Waals surface area contributed by atoms with Crippen LogP contribution in [0, 0.1) is 0 Å². The van der Waals surface area contributed by atoms with E-state index in [0.29, 0.717) is 6.42 Å². The number of ether oxygens (including phenoxy) is 2. The SMILES string of the molecule is CC(=O)OC[C@H]1O[C@@H](n2cc(Br)c(=O)[nH]c2=O)C[C@@H]1Cl. The van der Waals surface area contributed by atoms with Crippen LogP contribution in [0.3, 0.4) is 0 Å². The Labute approximate surface area is 127 Å². The molecule has 0 aliphatic carbocycles. The van der Waals surface area contributed by atoms with Crippen molar-refractivity contribution < 1.29 is 14.3 Å². The summed E-state index contributed by atoms with van der Waals surface area (Å²) < 4.78 is 11.9. The first-order valence-corrected chi connectivity index (χ1v) is 7.05. The average Bonchev–Trinajstić information content (AvgIpc) is 2.72. The van der Waals surface area contributed by atoms with Gasteiger partial charge in [-0.3, -0.25) is 19.1 Å². The molecule has 110 valence electrons. The van der Waals surface area contributed by atoms with Crippen LogP contribution in [0.4, 0.5) is 0 Å². The molecular weight excluding hydrogens is 355 g/mol. The predicted molar refractivity (Wildman–Crippen MR) is 73.8 cm³/mol. The van der Waals surface area contributed by atoms with Gasteiger partial charge in [0.15, 0.2) is 0 Å². The van der Waals surface area contributed by atoms with Gasteiger partial charge in [0.2, 0.25) is 0 Å². The van der Waals surface area contributed by atoms with Crippen molar-refractivity contribution in [1.82, 2.24) is 9.55 Å². The molecule has 0 amide bonds. The topological polar surface area (TPSA) is 90.4 Å². The number of carbonyl (C=O) groups is 1. The summed E-state index contributed by atoms with van der Waals surface area (Å²) in [6, 6.07) is 0. The molecule has 0 saturated carbocycles. The van der Waals surface area contributed by atoms with Crippen molar-refractivity contribution in [3.05, 3.63) is 31.5 Å². The molecule has 3 atom stereocenters. The van der Waals surface area contributed by atoms with Crippen molar-refractivity contribution in [3.8, 4) is 0 Å². The van der Waals surface area contributed by atoms with Crippen LogP contribution in [0.15, 0.2) is 20.3 Å². The normalized spacial score (nSPS) is 25.6. The smallest absolute Gasteiger partial charge is 0.330 e. The van der Waals surface area contributed by atoms with Gasteiger partial charge in [-0.2, -0.15) is 0 Å². The maximum absolute atomic E-state index is 11.7. The highest BCUT2D eigenvalue weighted by atomic mass is 79.9. The van der Waals surface area contributed by atoms with E-state index in [1.807, 2.05) is 0 Å². The standard InChI is InChI=1S/C11H12BrClN2O5/c1-5(16)19-4-8-7(13)2-9(20-8)15-3-6(12)10(17)14-11(15)18/h3,7-9H,2,4H2,1H3,(H,14,17,18)/t7-,8+,9+/m0/s1. The van der Waals surface area contributed by atoms with Gasteiger partial charge in [0.1, 0.15) is 18.9 Å². The number of alkyl halides is 1. The third kappa shape index (κ3) is 3.31. The fourth-order valence-corrected chi connectivity index (χ4v) is 2.49. The molecular formula is C11H12BrClN2O5. The van der Waals surface area contributed by atoms with Gasteiger partial charge in [0, 0.05) is 19.5 Å². The van der Waals surface area contributed by atoms with Crippen LogP contribution in [0.5, 0.6) is 0 Å². The van der Waals surface area contributed by atoms with Crippen molar-refractivity contribution in [2.75, 3.05) is 6.61 Å². The molecule has 0 spiro atoms. The summed E-state index contributed by atoms with van der Waals surface area (Å²) in [5.74, 6) is -0.426. The number of carbonyl (C=O) groups excluding carboxylic acids is 1. The predicted octanol–water partition coefficient (Wildman–Crippen LogP) is 0.757. The van der Waals surface area contributed by atoms with Crippen molar-refractivity contribution in [2.45, 2.75) is 31.1 Å². The van der Waals surface area contributed by atoms with Gasteiger partial charge in [-0.1, -0.05) is 0 Å². The Kier molecular flexibility index (Phi) is 4.66. The Bertz CT molecular complexity index is 628. The third-order valence-electron chi connectivity index (χ3n) is 2.85. The monoisotopic (exact) mass is 366 g/mol. The molecule has 9 heteroatoms. The molecule has 1 aromatic heterocycles. The van der Waals surface area contributed by atoms with Gasteiger partial charge in [0.05, 0.1) is 9.85 Å². The zero-order chi connectivity index (χ0) is 14.9. The second kappa shape index (κ2) is 6.11. The number of rotatable bonds is 3. The average molecular weight is 368 g/mol. The minimum Gasteiger partial charge on any atom is -0.463 e. The van der Waals surface area contributed by atoms with Gasteiger partial charge < -0.3 is 9.47 Å². The summed E-state index contributed by atoms with van der Waals surface area (Å²) in [6.07, 6.45) is 0.608. The molecule has 1 aliphatic rings. The second-order valence-electron chi connectivity index (χ2n) is 4.33. The number of aromatic nitrogens is 2. The van der Waals surface area contributed by atoms with Crippen LogP contribution in [0.25, 0.3) is 0 Å². The third-order valence-corrected chi connectivity index (χ3v) is 3.87. The van der Waals surface area contributed by atoms with Crippen LogP contribution < -0.4 is 11.2 Å². The molecule has 1 N–H and O–H groups in total. The zero-order valence-corrected chi connectivity index (χ0v) is 12.8. The van der Waals surface area contributed by atoms with Crippen LogP contribution in [-0.2, 0) is 14.3 Å². The lowest BCUT2D eigenvalue weighted by Crippen LogP contribution is -2.32. The van der Waals surface area contributed by atoms with Crippen LogP contribution in [0.1, 0.15) is 19.6 Å². The van der Waals surface area contributed by atoms with E-state index in [1.165, 1.54) is 17.7 Å². The second-order valence-corrected chi connectivity index (χ2v) is 5.74. The van der Waals surface area contributed by atoms with Crippen molar-refractivity contribution in [3.63, 3.8) is 0 Å². The molecule has 20 heavy (non-hydrogen) atoms. The first kappa shape index (κ1) is 15.3. The van der Waals surface area contributed by atoms with E-state index in [-0.39, 0.29) is 11.1 Å². The molecule has 7 nitrogen and oxygen atoms in total. The number of H-pyrrole nitrogens is 1. The lowest BCUT2D eigenvalue weighted by Gasteiger charge is -2.15. The Hall–Kier alpha value is -1.12. The molecule has 2 rings (SSSR count). The summed E-state index contributed by atoms with van der Waals surface area (Å²) in [7, 11) is 0. The molecule has 1 aromatic rings. The molecule has 0 unspecified atom stereocenters. The largest absolute Gasteiger partial charge is 0.463 e. The molecule has 1 saturated heterocycles. The summed E-state index contributed by atoms with van der Waals surface area (Å²) in [4.78, 5) is 35.9. The Morgan fingerprint density at radius 3 is 3.00 bits per heavy atom. The van der Waals surface area contributed by atoms with Crippen LogP contribution in [0.2, 0.25) is 0 Å². The van der Waals surface area contributed by atoms with E-state index < -0.39 is 34.9 Å². The van der Waals surface area contributed by atoms with E-state index in [1.54, 1.807) is 0 Å². The Morgan fingerprint density at radius 1 is 1.65 bits per heavy atom. The first-order valence-electron chi connectivity index (χ1n) is 5.82. The van der Waals surface area contributed by atoms with Crippen molar-refractivity contribution in [1.29, 1.82) is 0 Å². The first-order chi connectivity index (χ1) is 9.38. The number of nitrogens with zero attached hydrogens (tertiary/aromatic N) is 1. The lowest BCUT2D eigenvalue weighted by atomic mass is 10.2. The van der Waals surface area contributed by atoms with Crippen molar-refractivity contribution in [2.24, 2.45) is 0 Å². The molecule has 2 heterocycles. The van der Waals surface area contributed by atoms with Crippen LogP contribution >= 0.6 is 27.5 Å². The summed E-state index contributed by atoms with van der Waals surface area (Å²) in [6.45, 7) is 1.32. The van der Waals surface area contributed by atoms with Crippen molar-refractivity contribution >= 4 is 33.5 Å². The van der Waals surface area contributed by atoms with Gasteiger partial charge in [-0.25, -0.2) is 4.79 Å². The summed E-state index contributed by atoms with van der Waals surface area (Å²) in [5, 5.41) is -0.392. The van der Waals surface area contributed by atoms with E-state index in [0.717, 1.165) is 0 Å². The number of aromatic amines is 1. The van der Waals surface area contributed by atoms with Gasteiger partial charge in [-0.15, -0.1) is 11.6 Å². The molecule has 1 aliphatic heterocycles. The number of halogens is 2. The van der Waals surface area contributed by atoms with Gasteiger partial charge >= 0.3 is 11.7 Å². The molecule has 0 bridgehead atoms. The van der Waals surface area contributed by atoms with Gasteiger partial charge in [-0.05, 0) is 15.9 Å². The van der Waals surface area contributed by atoms with Gasteiger partial charge in [0.25, 0.3) is 5.56 Å². The minimum atomic E-state index is -0.612.